The molecule has 0 aromatic heterocycles. The summed E-state index contributed by atoms with van der Waals surface area (Å²) in [4.78, 5) is 38.3. The molecule has 33 heavy (non-hydrogen) atoms. The third kappa shape index (κ3) is 14.9. The molecule has 1 saturated heterocycles. The van der Waals surface area contributed by atoms with Gasteiger partial charge in [0.1, 0.15) is 0 Å². The summed E-state index contributed by atoms with van der Waals surface area (Å²) < 4.78 is 0. The van der Waals surface area contributed by atoms with Gasteiger partial charge in [-0.2, -0.15) is 0 Å². The van der Waals surface area contributed by atoms with Crippen molar-refractivity contribution in [2.75, 3.05) is 40.8 Å². The Kier molecular flexibility index (Phi) is 16.6. The molecule has 3 unspecified atom stereocenters. The van der Waals surface area contributed by atoms with Crippen LogP contribution in [0.3, 0.4) is 0 Å². The molecule has 9 nitrogen and oxygen atoms in total. The van der Waals surface area contributed by atoms with Crippen LogP contribution in [-0.4, -0.2) is 76.6 Å². The van der Waals surface area contributed by atoms with Gasteiger partial charge in [0.2, 0.25) is 17.7 Å². The van der Waals surface area contributed by atoms with Gasteiger partial charge in [-0.3, -0.25) is 14.4 Å². The van der Waals surface area contributed by atoms with Gasteiger partial charge in [-0.05, 0) is 79.3 Å². The van der Waals surface area contributed by atoms with Gasteiger partial charge in [0, 0.05) is 37.4 Å². The van der Waals surface area contributed by atoms with E-state index < -0.39 is 0 Å². The highest BCUT2D eigenvalue weighted by atomic mass is 16.2. The van der Waals surface area contributed by atoms with E-state index >= 15 is 0 Å². The fourth-order valence-electron chi connectivity index (χ4n) is 4.28. The van der Waals surface area contributed by atoms with Gasteiger partial charge in [-0.1, -0.05) is 19.3 Å². The molecule has 0 spiro atoms. The summed E-state index contributed by atoms with van der Waals surface area (Å²) in [6.07, 6.45) is 8.91. The molecular formula is C24H48N6O3. The molecule has 9 heteroatoms. The van der Waals surface area contributed by atoms with Gasteiger partial charge in [-0.25, -0.2) is 0 Å². The van der Waals surface area contributed by atoms with E-state index in [0.29, 0.717) is 0 Å². The maximum absolute atomic E-state index is 12.8. The molecule has 3 atom stereocenters. The van der Waals surface area contributed by atoms with Gasteiger partial charge < -0.3 is 31.9 Å². The van der Waals surface area contributed by atoms with Crippen molar-refractivity contribution in [3.63, 3.8) is 0 Å². The number of nitrogens with one attached hydrogen (secondary N) is 6. The Morgan fingerprint density at radius 2 is 0.818 bits per heavy atom. The van der Waals surface area contributed by atoms with Crippen LogP contribution in [0.5, 0.6) is 0 Å². The number of rotatable bonds is 15. The Morgan fingerprint density at radius 3 is 1.06 bits per heavy atom. The predicted octanol–water partition coefficient (Wildman–Crippen LogP) is 0.794. The van der Waals surface area contributed by atoms with Crippen LogP contribution in [0, 0.1) is 0 Å². The van der Waals surface area contributed by atoms with Crippen LogP contribution in [0.15, 0.2) is 0 Å². The molecule has 0 aliphatic carbocycles. The lowest BCUT2D eigenvalue weighted by Crippen LogP contribution is -2.48. The second kappa shape index (κ2) is 18.7. The Bertz CT molecular complexity index is 460. The predicted molar refractivity (Wildman–Crippen MR) is 133 cm³/mol. The summed E-state index contributed by atoms with van der Waals surface area (Å²) >= 11 is 0. The lowest BCUT2D eigenvalue weighted by atomic mass is 10.00. The first-order chi connectivity index (χ1) is 16.0. The number of hydrogen-bond acceptors (Lipinski definition) is 6. The molecule has 1 aliphatic rings. The van der Waals surface area contributed by atoms with Crippen molar-refractivity contribution in [1.82, 2.24) is 31.9 Å². The van der Waals surface area contributed by atoms with Gasteiger partial charge in [0.15, 0.2) is 0 Å². The first-order valence-corrected chi connectivity index (χ1v) is 12.8. The van der Waals surface area contributed by atoms with Crippen LogP contribution in [0.25, 0.3) is 0 Å². The molecule has 1 heterocycles. The van der Waals surface area contributed by atoms with Crippen LogP contribution in [0.4, 0.5) is 0 Å². The summed E-state index contributed by atoms with van der Waals surface area (Å²) in [5.41, 5.74) is 0. The van der Waals surface area contributed by atoms with E-state index in [9.17, 15) is 14.4 Å². The molecule has 1 rings (SSSR count). The van der Waals surface area contributed by atoms with Crippen molar-refractivity contribution in [2.45, 2.75) is 95.2 Å². The normalized spacial score (nSPS) is 22.6. The van der Waals surface area contributed by atoms with Gasteiger partial charge in [-0.15, -0.1) is 0 Å². The molecule has 0 radical (unpaired) electrons. The number of carbonyl (C=O) groups excluding carboxylic acids is 3. The molecule has 0 aromatic rings. The second-order valence-electron chi connectivity index (χ2n) is 9.20. The highest BCUT2D eigenvalue weighted by Gasteiger charge is 2.25. The van der Waals surface area contributed by atoms with Crippen LogP contribution in [0.2, 0.25) is 0 Å². The first-order valence-electron chi connectivity index (χ1n) is 12.8. The van der Waals surface area contributed by atoms with E-state index in [-0.39, 0.29) is 55.1 Å². The Morgan fingerprint density at radius 1 is 0.545 bits per heavy atom. The lowest BCUT2D eigenvalue weighted by Gasteiger charge is -2.26. The van der Waals surface area contributed by atoms with E-state index in [4.69, 9.17) is 0 Å². The van der Waals surface area contributed by atoms with Gasteiger partial charge in [0.25, 0.3) is 0 Å². The minimum absolute atomic E-state index is 0.0930. The smallest absolute Gasteiger partial charge is 0.222 e. The standard InChI is InChI=1S/C24H48N6O3/c1-25-13-7-4-10-19-16-22(31)29-21(12-6-9-15-27-3)18-24(33)30-20(17-23(32)28-19)11-5-8-14-26-2/h19-21,25-27H,4-18H2,1-3H3,(H,28,32)(H,29,31)(H,30,33). The van der Waals surface area contributed by atoms with Crippen LogP contribution in [0.1, 0.15) is 77.0 Å². The molecule has 1 fully saturated rings. The highest BCUT2D eigenvalue weighted by molar-refractivity contribution is 5.83. The molecule has 1 aliphatic heterocycles. The largest absolute Gasteiger partial charge is 0.353 e. The summed E-state index contributed by atoms with van der Waals surface area (Å²) in [6.45, 7) is 2.76. The van der Waals surface area contributed by atoms with E-state index in [1.165, 1.54) is 0 Å². The van der Waals surface area contributed by atoms with E-state index in [1.54, 1.807) is 0 Å². The van der Waals surface area contributed by atoms with E-state index in [1.807, 2.05) is 21.1 Å². The summed E-state index contributed by atoms with van der Waals surface area (Å²) in [5, 5.41) is 18.6. The van der Waals surface area contributed by atoms with Gasteiger partial charge >= 0.3 is 0 Å². The average Bonchev–Trinajstić information content (AvgIpc) is 2.76. The molecule has 192 valence electrons. The SMILES string of the molecule is CNCCCCC1CC(=O)NC(CCCCNC)CC(=O)NC(CCCCNC)CC(=O)N1. The monoisotopic (exact) mass is 468 g/mol. The quantitative estimate of drug-likeness (QED) is 0.198. The fourth-order valence-corrected chi connectivity index (χ4v) is 4.28. The Labute approximate surface area is 200 Å². The van der Waals surface area contributed by atoms with Crippen LogP contribution in [-0.2, 0) is 14.4 Å². The molecule has 0 saturated carbocycles. The number of amides is 3. The van der Waals surface area contributed by atoms with E-state index in [0.717, 1.165) is 77.4 Å². The van der Waals surface area contributed by atoms with E-state index in [2.05, 4.69) is 31.9 Å². The summed E-state index contributed by atoms with van der Waals surface area (Å²) in [5.74, 6) is -0.279. The number of hydrogen-bond donors (Lipinski definition) is 6. The zero-order valence-corrected chi connectivity index (χ0v) is 21.1. The van der Waals surface area contributed by atoms with Crippen molar-refractivity contribution in [2.24, 2.45) is 0 Å². The maximum atomic E-state index is 12.8. The fraction of sp³-hybridized carbons (Fsp3) is 0.875. The van der Waals surface area contributed by atoms with Gasteiger partial charge in [0.05, 0.1) is 0 Å². The minimum Gasteiger partial charge on any atom is -0.353 e. The lowest BCUT2D eigenvalue weighted by molar-refractivity contribution is -0.126. The zero-order valence-electron chi connectivity index (χ0n) is 21.1. The van der Waals surface area contributed by atoms with Crippen LogP contribution < -0.4 is 31.9 Å². The second-order valence-corrected chi connectivity index (χ2v) is 9.20. The Hall–Kier alpha value is -1.71. The van der Waals surface area contributed by atoms with Crippen molar-refractivity contribution >= 4 is 17.7 Å². The first kappa shape index (κ1) is 29.3. The third-order valence-electron chi connectivity index (χ3n) is 6.08. The van der Waals surface area contributed by atoms with Crippen molar-refractivity contribution in [1.29, 1.82) is 0 Å². The zero-order chi connectivity index (χ0) is 24.3. The average molecular weight is 469 g/mol. The van der Waals surface area contributed by atoms with Crippen LogP contribution >= 0.6 is 0 Å². The number of carbonyl (C=O) groups is 3. The summed E-state index contributed by atoms with van der Waals surface area (Å²) in [7, 11) is 5.77. The Balaban J connectivity index is 2.83. The maximum Gasteiger partial charge on any atom is 0.222 e. The number of unbranched alkanes of at least 4 members (excludes halogenated alkanes) is 3. The molecule has 6 N–H and O–H groups in total. The topological polar surface area (TPSA) is 123 Å². The molecular weight excluding hydrogens is 420 g/mol. The third-order valence-corrected chi connectivity index (χ3v) is 6.08. The van der Waals surface area contributed by atoms with Crippen molar-refractivity contribution in [3.8, 4) is 0 Å². The van der Waals surface area contributed by atoms with Crippen molar-refractivity contribution in [3.05, 3.63) is 0 Å². The van der Waals surface area contributed by atoms with Crippen molar-refractivity contribution < 1.29 is 14.4 Å². The molecule has 3 amide bonds. The minimum atomic E-state index is -0.181. The highest BCUT2D eigenvalue weighted by Crippen LogP contribution is 2.12. The summed E-state index contributed by atoms with van der Waals surface area (Å²) in [6, 6.07) is -0.543. The molecule has 0 bridgehead atoms. The molecule has 0 aromatic carbocycles.